The first-order valence-electron chi connectivity index (χ1n) is 9.78. The summed E-state index contributed by atoms with van der Waals surface area (Å²) in [6.07, 6.45) is 0. The highest BCUT2D eigenvalue weighted by Gasteiger charge is 2.23. The molecule has 0 aliphatic carbocycles. The Morgan fingerprint density at radius 1 is 1.13 bits per heavy atom. The molecule has 1 amide bonds. The number of hydrogen-bond acceptors (Lipinski definition) is 7. The molecule has 2 aromatic carbocycles. The molecular formula is C21H21N7O2. The van der Waals surface area contributed by atoms with Crippen LogP contribution in [0.2, 0.25) is 0 Å². The van der Waals surface area contributed by atoms with E-state index in [1.165, 1.54) is 0 Å². The molecule has 1 atom stereocenters. The zero-order valence-electron chi connectivity index (χ0n) is 16.4. The van der Waals surface area contributed by atoms with Crippen LogP contribution in [-0.2, 0) is 4.79 Å². The second kappa shape index (κ2) is 7.60. The second-order valence-corrected chi connectivity index (χ2v) is 7.05. The lowest BCUT2D eigenvalue weighted by Gasteiger charge is -2.16. The van der Waals surface area contributed by atoms with E-state index in [0.29, 0.717) is 30.5 Å². The fourth-order valence-electron chi connectivity index (χ4n) is 3.54. The molecule has 0 saturated carbocycles. The van der Waals surface area contributed by atoms with E-state index in [-0.39, 0.29) is 5.91 Å². The van der Waals surface area contributed by atoms with Crippen molar-refractivity contribution in [1.29, 1.82) is 0 Å². The smallest absolute Gasteiger partial charge is 0.243 e. The van der Waals surface area contributed by atoms with Crippen molar-refractivity contribution in [3.8, 4) is 17.1 Å². The molecule has 5 rings (SSSR count). The van der Waals surface area contributed by atoms with Crippen LogP contribution < -0.4 is 20.7 Å². The number of fused-ring (bicyclic) bond motifs is 3. The van der Waals surface area contributed by atoms with Crippen LogP contribution in [-0.4, -0.2) is 58.3 Å². The number of para-hydroxylation sites is 1. The first-order valence-corrected chi connectivity index (χ1v) is 9.78. The predicted octanol–water partition coefficient (Wildman–Crippen LogP) is 1.45. The maximum Gasteiger partial charge on any atom is 0.243 e. The first kappa shape index (κ1) is 18.3. The number of nitrogens with one attached hydrogen (secondary N) is 3. The van der Waals surface area contributed by atoms with Gasteiger partial charge in [-0.3, -0.25) is 4.79 Å². The summed E-state index contributed by atoms with van der Waals surface area (Å²) >= 11 is 0. The number of ether oxygens (including phenoxy) is 1. The summed E-state index contributed by atoms with van der Waals surface area (Å²) in [5, 5.41) is 15.0. The third-order valence-electron chi connectivity index (χ3n) is 5.08. The summed E-state index contributed by atoms with van der Waals surface area (Å²) in [6.45, 7) is 1.83. The quantitative estimate of drug-likeness (QED) is 0.474. The number of carbonyl (C=O) groups excluding carboxylic acids is 1. The summed E-state index contributed by atoms with van der Waals surface area (Å²) in [5.74, 6) is 1.68. The van der Waals surface area contributed by atoms with Crippen molar-refractivity contribution in [2.24, 2.45) is 0 Å². The number of carbonyl (C=O) groups is 1. The van der Waals surface area contributed by atoms with E-state index in [0.717, 1.165) is 28.8 Å². The highest BCUT2D eigenvalue weighted by Crippen LogP contribution is 2.26. The Balaban J connectivity index is 1.65. The lowest BCUT2D eigenvalue weighted by atomic mass is 10.2. The van der Waals surface area contributed by atoms with E-state index in [1.54, 1.807) is 11.6 Å². The highest BCUT2D eigenvalue weighted by atomic mass is 16.5. The molecule has 0 bridgehead atoms. The molecular weight excluding hydrogens is 382 g/mol. The van der Waals surface area contributed by atoms with E-state index in [2.05, 4.69) is 16.0 Å². The molecule has 1 fully saturated rings. The summed E-state index contributed by atoms with van der Waals surface area (Å²) in [7, 11) is 1.63. The number of amides is 1. The monoisotopic (exact) mass is 403 g/mol. The normalized spacial score (nSPS) is 17.0. The van der Waals surface area contributed by atoms with Crippen molar-refractivity contribution in [1.82, 2.24) is 30.2 Å². The van der Waals surface area contributed by atoms with Crippen molar-refractivity contribution in [2.75, 3.05) is 32.1 Å². The van der Waals surface area contributed by atoms with E-state index < -0.39 is 6.04 Å². The number of rotatable bonds is 4. The van der Waals surface area contributed by atoms with Gasteiger partial charge in [-0.05, 0) is 24.3 Å². The van der Waals surface area contributed by atoms with Crippen LogP contribution in [0.15, 0.2) is 48.5 Å². The van der Waals surface area contributed by atoms with E-state index >= 15 is 0 Å². The Bertz CT molecular complexity index is 1240. The van der Waals surface area contributed by atoms with Gasteiger partial charge in [0.1, 0.15) is 11.8 Å². The van der Waals surface area contributed by atoms with Gasteiger partial charge in [0.2, 0.25) is 11.9 Å². The zero-order chi connectivity index (χ0) is 20.5. The maximum absolute atomic E-state index is 12.4. The molecule has 152 valence electrons. The lowest BCUT2D eigenvalue weighted by molar-refractivity contribution is -0.121. The zero-order valence-corrected chi connectivity index (χ0v) is 16.4. The topological polar surface area (TPSA) is 105 Å². The van der Waals surface area contributed by atoms with Crippen molar-refractivity contribution in [3.05, 3.63) is 48.5 Å². The molecule has 0 unspecified atom stereocenters. The Labute approximate surface area is 172 Å². The van der Waals surface area contributed by atoms with Crippen molar-refractivity contribution in [3.63, 3.8) is 0 Å². The Morgan fingerprint density at radius 3 is 2.93 bits per heavy atom. The summed E-state index contributed by atoms with van der Waals surface area (Å²) in [4.78, 5) is 21.9. The van der Waals surface area contributed by atoms with Crippen LogP contribution in [0.3, 0.4) is 0 Å². The van der Waals surface area contributed by atoms with E-state index in [9.17, 15) is 4.79 Å². The standard InChI is InChI=1S/C21H21N7O2/c1-30-14-6-4-5-13(11-14)18-26-19-15-7-2-3-8-16(15)24-21(28(19)27-18)25-17-12-22-9-10-23-20(17)29/h2-8,11,17,22H,9-10,12H2,1H3,(H,23,29)(H,24,25)/t17-/m1/s1. The van der Waals surface area contributed by atoms with Gasteiger partial charge in [-0.15, -0.1) is 5.10 Å². The third kappa shape index (κ3) is 3.29. The minimum atomic E-state index is -0.464. The van der Waals surface area contributed by atoms with Crippen LogP contribution in [0.1, 0.15) is 0 Å². The van der Waals surface area contributed by atoms with Crippen LogP contribution in [0.25, 0.3) is 27.9 Å². The van der Waals surface area contributed by atoms with Gasteiger partial charge in [0, 0.05) is 30.6 Å². The molecule has 0 radical (unpaired) electrons. The number of methoxy groups -OCH3 is 1. The number of anilines is 1. The van der Waals surface area contributed by atoms with Crippen LogP contribution >= 0.6 is 0 Å². The van der Waals surface area contributed by atoms with Gasteiger partial charge in [-0.2, -0.15) is 4.52 Å². The Morgan fingerprint density at radius 2 is 2.03 bits per heavy atom. The predicted molar refractivity (Wildman–Crippen MR) is 114 cm³/mol. The largest absolute Gasteiger partial charge is 0.497 e. The van der Waals surface area contributed by atoms with E-state index in [4.69, 9.17) is 19.8 Å². The summed E-state index contributed by atoms with van der Waals surface area (Å²) in [6, 6.07) is 14.9. The summed E-state index contributed by atoms with van der Waals surface area (Å²) < 4.78 is 6.99. The molecule has 2 aromatic heterocycles. The van der Waals surface area contributed by atoms with Crippen molar-refractivity contribution in [2.45, 2.75) is 6.04 Å². The van der Waals surface area contributed by atoms with Crippen LogP contribution in [0.5, 0.6) is 5.75 Å². The first-order chi connectivity index (χ1) is 14.7. The molecule has 3 heterocycles. The number of hydrogen-bond donors (Lipinski definition) is 3. The molecule has 4 aromatic rings. The molecule has 1 saturated heterocycles. The third-order valence-corrected chi connectivity index (χ3v) is 5.08. The van der Waals surface area contributed by atoms with Gasteiger partial charge in [-0.1, -0.05) is 24.3 Å². The van der Waals surface area contributed by atoms with Crippen molar-refractivity contribution >= 4 is 28.4 Å². The molecule has 1 aliphatic heterocycles. The SMILES string of the molecule is COc1cccc(-c2nc3c4ccccc4nc(N[C@@H]4CNCCNC4=O)n3n2)c1. The van der Waals surface area contributed by atoms with Gasteiger partial charge in [0.05, 0.1) is 12.6 Å². The average Bonchev–Trinajstić information content (AvgIpc) is 3.14. The van der Waals surface area contributed by atoms with Gasteiger partial charge >= 0.3 is 0 Å². The Kier molecular flexibility index (Phi) is 4.64. The minimum absolute atomic E-state index is 0.0729. The molecule has 30 heavy (non-hydrogen) atoms. The number of aromatic nitrogens is 4. The molecule has 9 heteroatoms. The van der Waals surface area contributed by atoms with Crippen LogP contribution in [0.4, 0.5) is 5.95 Å². The van der Waals surface area contributed by atoms with Crippen LogP contribution in [0, 0.1) is 0 Å². The van der Waals surface area contributed by atoms with Gasteiger partial charge in [0.25, 0.3) is 0 Å². The summed E-state index contributed by atoms with van der Waals surface area (Å²) in [5.41, 5.74) is 2.28. The average molecular weight is 403 g/mol. The van der Waals surface area contributed by atoms with Gasteiger partial charge < -0.3 is 20.7 Å². The number of nitrogens with zero attached hydrogens (tertiary/aromatic N) is 4. The highest BCUT2D eigenvalue weighted by molar-refractivity contribution is 5.93. The maximum atomic E-state index is 12.4. The minimum Gasteiger partial charge on any atom is -0.497 e. The second-order valence-electron chi connectivity index (χ2n) is 7.05. The van der Waals surface area contributed by atoms with Gasteiger partial charge in [-0.25, -0.2) is 9.97 Å². The van der Waals surface area contributed by atoms with Crippen molar-refractivity contribution < 1.29 is 9.53 Å². The molecule has 3 N–H and O–H groups in total. The van der Waals surface area contributed by atoms with Gasteiger partial charge in [0.15, 0.2) is 11.5 Å². The molecule has 0 spiro atoms. The Hall–Kier alpha value is -3.72. The lowest BCUT2D eigenvalue weighted by Crippen LogP contribution is -2.42. The molecule has 1 aliphatic rings. The van der Waals surface area contributed by atoms with E-state index in [1.807, 2.05) is 48.5 Å². The number of benzene rings is 2. The fraction of sp³-hybridized carbons (Fsp3) is 0.238. The fourth-order valence-corrected chi connectivity index (χ4v) is 3.54. The molecule has 9 nitrogen and oxygen atoms in total.